The van der Waals surface area contributed by atoms with Crippen LogP contribution in [0.3, 0.4) is 0 Å². The third-order valence-electron chi connectivity index (χ3n) is 4.06. The van der Waals surface area contributed by atoms with Gasteiger partial charge in [0.05, 0.1) is 6.54 Å². The van der Waals surface area contributed by atoms with Gasteiger partial charge in [-0.3, -0.25) is 4.99 Å². The summed E-state index contributed by atoms with van der Waals surface area (Å²) in [6.07, 6.45) is 7.01. The number of hydrogen-bond donors (Lipinski definition) is 1. The smallest absolute Gasteiger partial charge is 0.193 e. The summed E-state index contributed by atoms with van der Waals surface area (Å²) < 4.78 is 4.86. The molecule has 1 aliphatic rings. The van der Waals surface area contributed by atoms with Crippen molar-refractivity contribution in [2.75, 3.05) is 20.6 Å². The molecule has 0 amide bonds. The van der Waals surface area contributed by atoms with E-state index in [-0.39, 0.29) is 24.0 Å². The number of halogens is 1. The maximum atomic E-state index is 4.86. The molecule has 1 heterocycles. The van der Waals surface area contributed by atoms with Gasteiger partial charge in [0.1, 0.15) is 12.0 Å². The van der Waals surface area contributed by atoms with Crippen LogP contribution in [0.4, 0.5) is 0 Å². The second-order valence-electron chi connectivity index (χ2n) is 5.91. The standard InChI is InChI=1S/C15H26N4O.HI/c1-12-5-4-6-13(9-12)10-17-15(16-2)19(3)11-14-7-8-20-18-14;/h7-8,12-13H,4-6,9-11H2,1-3H3,(H,16,17);1H. The van der Waals surface area contributed by atoms with Crippen LogP contribution < -0.4 is 5.32 Å². The molecule has 2 rings (SSSR count). The topological polar surface area (TPSA) is 53.7 Å². The molecule has 0 radical (unpaired) electrons. The maximum absolute atomic E-state index is 4.86. The minimum absolute atomic E-state index is 0. The van der Waals surface area contributed by atoms with Crippen LogP contribution in [-0.4, -0.2) is 36.7 Å². The number of nitrogens with zero attached hydrogens (tertiary/aromatic N) is 3. The first-order valence-corrected chi connectivity index (χ1v) is 7.50. The molecule has 1 fully saturated rings. The van der Waals surface area contributed by atoms with Gasteiger partial charge in [0.15, 0.2) is 5.96 Å². The Morgan fingerprint density at radius 1 is 1.52 bits per heavy atom. The van der Waals surface area contributed by atoms with Gasteiger partial charge < -0.3 is 14.7 Å². The molecule has 0 spiro atoms. The lowest BCUT2D eigenvalue weighted by Gasteiger charge is -2.29. The lowest BCUT2D eigenvalue weighted by molar-refractivity contribution is 0.280. The summed E-state index contributed by atoms with van der Waals surface area (Å²) in [5.74, 6) is 2.56. The van der Waals surface area contributed by atoms with Crippen molar-refractivity contribution in [2.24, 2.45) is 16.8 Å². The van der Waals surface area contributed by atoms with Gasteiger partial charge in [0, 0.05) is 26.7 Å². The van der Waals surface area contributed by atoms with E-state index in [1.54, 1.807) is 6.26 Å². The highest BCUT2D eigenvalue weighted by Gasteiger charge is 2.19. The monoisotopic (exact) mass is 406 g/mol. The molecule has 21 heavy (non-hydrogen) atoms. The molecule has 5 nitrogen and oxygen atoms in total. The number of guanidine groups is 1. The molecule has 1 aliphatic carbocycles. The van der Waals surface area contributed by atoms with Crippen molar-refractivity contribution >= 4 is 29.9 Å². The van der Waals surface area contributed by atoms with Crippen molar-refractivity contribution in [3.05, 3.63) is 18.0 Å². The Balaban J connectivity index is 0.00000220. The molecule has 1 aromatic rings. The Labute approximate surface area is 144 Å². The summed E-state index contributed by atoms with van der Waals surface area (Å²) in [5.41, 5.74) is 0.918. The van der Waals surface area contributed by atoms with Gasteiger partial charge in [-0.1, -0.05) is 24.9 Å². The van der Waals surface area contributed by atoms with Crippen LogP contribution in [0.2, 0.25) is 0 Å². The number of nitrogens with one attached hydrogen (secondary N) is 1. The molecule has 0 bridgehead atoms. The Bertz CT molecular complexity index is 421. The van der Waals surface area contributed by atoms with Crippen molar-refractivity contribution in [2.45, 2.75) is 39.2 Å². The van der Waals surface area contributed by atoms with Gasteiger partial charge in [0.2, 0.25) is 0 Å². The minimum atomic E-state index is 0. The third-order valence-corrected chi connectivity index (χ3v) is 4.06. The summed E-state index contributed by atoms with van der Waals surface area (Å²) in [5, 5.41) is 7.42. The molecular formula is C15H27IN4O. The SMILES string of the molecule is CN=C(NCC1CCCC(C)C1)N(C)Cc1ccon1.I. The van der Waals surface area contributed by atoms with E-state index in [2.05, 4.69) is 27.3 Å². The molecule has 0 saturated heterocycles. The van der Waals surface area contributed by atoms with Crippen molar-refractivity contribution in [1.29, 1.82) is 0 Å². The Hall–Kier alpha value is -0.790. The van der Waals surface area contributed by atoms with Gasteiger partial charge in [-0.2, -0.15) is 0 Å². The molecule has 120 valence electrons. The number of aliphatic imine (C=N–C) groups is 1. The first-order valence-electron chi connectivity index (χ1n) is 7.50. The molecule has 2 unspecified atom stereocenters. The summed E-state index contributed by atoms with van der Waals surface area (Å²) in [4.78, 5) is 6.42. The minimum Gasteiger partial charge on any atom is -0.364 e. The molecule has 1 saturated carbocycles. The average Bonchev–Trinajstić information content (AvgIpc) is 2.92. The van der Waals surface area contributed by atoms with E-state index in [0.717, 1.165) is 30.0 Å². The van der Waals surface area contributed by atoms with Crippen LogP contribution in [0.25, 0.3) is 0 Å². The predicted octanol–water partition coefficient (Wildman–Crippen LogP) is 3.13. The number of hydrogen-bond acceptors (Lipinski definition) is 3. The van der Waals surface area contributed by atoms with E-state index in [4.69, 9.17) is 4.52 Å². The zero-order valence-corrected chi connectivity index (χ0v) is 15.5. The molecule has 1 aromatic heterocycles. The molecule has 0 aromatic carbocycles. The molecule has 2 atom stereocenters. The predicted molar refractivity (Wildman–Crippen MR) is 95.9 cm³/mol. The summed E-state index contributed by atoms with van der Waals surface area (Å²) in [6.45, 7) is 4.08. The third kappa shape index (κ3) is 5.84. The quantitative estimate of drug-likeness (QED) is 0.474. The molecule has 6 heteroatoms. The lowest BCUT2D eigenvalue weighted by atomic mass is 9.82. The van der Waals surface area contributed by atoms with Crippen LogP contribution in [0, 0.1) is 11.8 Å². The van der Waals surface area contributed by atoms with E-state index in [9.17, 15) is 0 Å². The second-order valence-corrected chi connectivity index (χ2v) is 5.91. The second kappa shape index (κ2) is 9.27. The highest BCUT2D eigenvalue weighted by atomic mass is 127. The van der Waals surface area contributed by atoms with Crippen molar-refractivity contribution < 1.29 is 4.52 Å². The number of rotatable bonds is 4. The van der Waals surface area contributed by atoms with Gasteiger partial charge in [-0.25, -0.2) is 0 Å². The van der Waals surface area contributed by atoms with E-state index in [1.807, 2.05) is 20.2 Å². The number of aromatic nitrogens is 1. The zero-order chi connectivity index (χ0) is 14.4. The van der Waals surface area contributed by atoms with Crippen molar-refractivity contribution in [3.63, 3.8) is 0 Å². The molecule has 0 aliphatic heterocycles. The fourth-order valence-electron chi connectivity index (χ4n) is 3.00. The van der Waals surface area contributed by atoms with Crippen LogP contribution >= 0.6 is 24.0 Å². The highest BCUT2D eigenvalue weighted by molar-refractivity contribution is 14.0. The summed E-state index contributed by atoms with van der Waals surface area (Å²) in [6, 6.07) is 1.88. The first-order chi connectivity index (χ1) is 9.69. The fourth-order valence-corrected chi connectivity index (χ4v) is 3.00. The van der Waals surface area contributed by atoms with Gasteiger partial charge in [0.25, 0.3) is 0 Å². The van der Waals surface area contributed by atoms with Crippen molar-refractivity contribution in [3.8, 4) is 0 Å². The Morgan fingerprint density at radius 3 is 2.95 bits per heavy atom. The largest absolute Gasteiger partial charge is 0.364 e. The maximum Gasteiger partial charge on any atom is 0.193 e. The normalized spacial score (nSPS) is 22.5. The molecular weight excluding hydrogens is 379 g/mol. The zero-order valence-electron chi connectivity index (χ0n) is 13.2. The Morgan fingerprint density at radius 2 is 2.33 bits per heavy atom. The van der Waals surface area contributed by atoms with Crippen molar-refractivity contribution in [1.82, 2.24) is 15.4 Å². The average molecular weight is 406 g/mol. The van der Waals surface area contributed by atoms with E-state index in [0.29, 0.717) is 6.54 Å². The van der Waals surface area contributed by atoms with Gasteiger partial charge in [-0.05, 0) is 24.7 Å². The van der Waals surface area contributed by atoms with E-state index < -0.39 is 0 Å². The fraction of sp³-hybridized carbons (Fsp3) is 0.733. The summed E-state index contributed by atoms with van der Waals surface area (Å²) in [7, 11) is 3.85. The van der Waals surface area contributed by atoms with Crippen LogP contribution in [0.1, 0.15) is 38.3 Å². The van der Waals surface area contributed by atoms with E-state index in [1.165, 1.54) is 25.7 Å². The van der Waals surface area contributed by atoms with Gasteiger partial charge in [-0.15, -0.1) is 24.0 Å². The van der Waals surface area contributed by atoms with Crippen LogP contribution in [0.5, 0.6) is 0 Å². The van der Waals surface area contributed by atoms with Crippen LogP contribution in [0.15, 0.2) is 21.8 Å². The first kappa shape index (κ1) is 18.3. The van der Waals surface area contributed by atoms with Crippen LogP contribution in [-0.2, 0) is 6.54 Å². The Kier molecular flexibility index (Phi) is 8.06. The molecule has 1 N–H and O–H groups in total. The highest BCUT2D eigenvalue weighted by Crippen LogP contribution is 2.27. The summed E-state index contributed by atoms with van der Waals surface area (Å²) >= 11 is 0. The lowest BCUT2D eigenvalue weighted by Crippen LogP contribution is -2.41. The van der Waals surface area contributed by atoms with E-state index >= 15 is 0 Å². The van der Waals surface area contributed by atoms with Gasteiger partial charge >= 0.3 is 0 Å².